The number of carbonyl (C=O) groups excluding carboxylic acids is 1. The van der Waals surface area contributed by atoms with Gasteiger partial charge in [0.05, 0.1) is 13.2 Å². The van der Waals surface area contributed by atoms with Crippen LogP contribution < -0.4 is 4.74 Å². The van der Waals surface area contributed by atoms with Gasteiger partial charge >= 0.3 is 0 Å². The van der Waals surface area contributed by atoms with Crippen LogP contribution in [0.2, 0.25) is 0 Å². The molecule has 5 heteroatoms. The van der Waals surface area contributed by atoms with Crippen molar-refractivity contribution in [2.24, 2.45) is 0 Å². The maximum absolute atomic E-state index is 13.5. The summed E-state index contributed by atoms with van der Waals surface area (Å²) in [5.41, 5.74) is 0.592. The van der Waals surface area contributed by atoms with Crippen molar-refractivity contribution in [1.29, 1.82) is 0 Å². The SMILES string of the molecule is COc1ccc(/C=C/C(=O)N2CCCC(O)C2)cc1F. The molecule has 0 bridgehead atoms. The summed E-state index contributed by atoms with van der Waals surface area (Å²) in [5, 5.41) is 9.53. The molecule has 1 amide bonds. The molecule has 1 heterocycles. The molecule has 1 aromatic carbocycles. The van der Waals surface area contributed by atoms with E-state index in [4.69, 9.17) is 4.74 Å². The van der Waals surface area contributed by atoms with E-state index >= 15 is 0 Å². The maximum atomic E-state index is 13.5. The van der Waals surface area contributed by atoms with Gasteiger partial charge in [-0.05, 0) is 36.6 Å². The van der Waals surface area contributed by atoms with Crippen LogP contribution in [0.4, 0.5) is 4.39 Å². The quantitative estimate of drug-likeness (QED) is 0.859. The second-order valence-electron chi connectivity index (χ2n) is 4.81. The first-order chi connectivity index (χ1) is 9.60. The van der Waals surface area contributed by atoms with Gasteiger partial charge in [0.25, 0.3) is 0 Å². The van der Waals surface area contributed by atoms with E-state index in [9.17, 15) is 14.3 Å². The number of piperidine rings is 1. The van der Waals surface area contributed by atoms with E-state index in [1.165, 1.54) is 25.3 Å². The summed E-state index contributed by atoms with van der Waals surface area (Å²) in [6, 6.07) is 4.51. The van der Waals surface area contributed by atoms with Gasteiger partial charge in [0.1, 0.15) is 0 Å². The molecule has 0 saturated carbocycles. The third-order valence-electron chi connectivity index (χ3n) is 3.30. The summed E-state index contributed by atoms with van der Waals surface area (Å²) in [5.74, 6) is -0.455. The summed E-state index contributed by atoms with van der Waals surface area (Å²) < 4.78 is 18.3. The lowest BCUT2D eigenvalue weighted by atomic mass is 10.1. The van der Waals surface area contributed by atoms with Crippen LogP contribution in [0, 0.1) is 5.82 Å². The number of hydrogen-bond acceptors (Lipinski definition) is 3. The average Bonchev–Trinajstić information content (AvgIpc) is 2.45. The predicted molar refractivity (Wildman–Crippen MR) is 73.8 cm³/mol. The summed E-state index contributed by atoms with van der Waals surface area (Å²) in [6.45, 7) is 1.01. The second kappa shape index (κ2) is 6.52. The summed E-state index contributed by atoms with van der Waals surface area (Å²) in [4.78, 5) is 13.5. The van der Waals surface area contributed by atoms with E-state index in [0.29, 0.717) is 18.7 Å². The summed E-state index contributed by atoms with van der Waals surface area (Å²) in [6.07, 6.45) is 4.06. The third kappa shape index (κ3) is 3.57. The van der Waals surface area contributed by atoms with Gasteiger partial charge in [-0.3, -0.25) is 4.79 Å². The van der Waals surface area contributed by atoms with E-state index < -0.39 is 11.9 Å². The van der Waals surface area contributed by atoms with Crippen molar-refractivity contribution in [3.8, 4) is 5.75 Å². The molecule has 1 saturated heterocycles. The Bertz CT molecular complexity index is 516. The lowest BCUT2D eigenvalue weighted by Gasteiger charge is -2.29. The summed E-state index contributed by atoms with van der Waals surface area (Å²) in [7, 11) is 1.40. The number of hydrogen-bond donors (Lipinski definition) is 1. The molecule has 1 atom stereocenters. The van der Waals surface area contributed by atoms with Gasteiger partial charge < -0.3 is 14.7 Å². The Kier molecular flexibility index (Phi) is 4.74. The second-order valence-corrected chi connectivity index (χ2v) is 4.81. The van der Waals surface area contributed by atoms with Gasteiger partial charge in [0.15, 0.2) is 11.6 Å². The van der Waals surface area contributed by atoms with Gasteiger partial charge in [-0.2, -0.15) is 0 Å². The number of methoxy groups -OCH3 is 1. The number of likely N-dealkylation sites (tertiary alicyclic amines) is 1. The lowest BCUT2D eigenvalue weighted by Crippen LogP contribution is -2.41. The van der Waals surface area contributed by atoms with E-state index in [1.807, 2.05) is 0 Å². The molecule has 1 unspecified atom stereocenters. The maximum Gasteiger partial charge on any atom is 0.246 e. The van der Waals surface area contributed by atoms with Crippen LogP contribution in [-0.2, 0) is 4.79 Å². The Labute approximate surface area is 117 Å². The average molecular weight is 279 g/mol. The van der Waals surface area contributed by atoms with Crippen molar-refractivity contribution in [3.05, 3.63) is 35.7 Å². The monoisotopic (exact) mass is 279 g/mol. The molecule has 0 aliphatic carbocycles. The Morgan fingerprint density at radius 1 is 1.55 bits per heavy atom. The first-order valence-electron chi connectivity index (χ1n) is 6.58. The molecule has 1 N–H and O–H groups in total. The molecular formula is C15H18FNO3. The van der Waals surface area contributed by atoms with Gasteiger partial charge in [-0.25, -0.2) is 4.39 Å². The molecule has 1 fully saturated rings. The highest BCUT2D eigenvalue weighted by Crippen LogP contribution is 2.18. The minimum Gasteiger partial charge on any atom is -0.494 e. The van der Waals surface area contributed by atoms with Gasteiger partial charge in [0.2, 0.25) is 5.91 Å². The van der Waals surface area contributed by atoms with E-state index in [-0.39, 0.29) is 11.7 Å². The largest absolute Gasteiger partial charge is 0.494 e. The van der Waals surface area contributed by atoms with Crippen molar-refractivity contribution in [2.75, 3.05) is 20.2 Å². The number of rotatable bonds is 3. The smallest absolute Gasteiger partial charge is 0.246 e. The van der Waals surface area contributed by atoms with Crippen LogP contribution >= 0.6 is 0 Å². The number of amides is 1. The first kappa shape index (κ1) is 14.5. The molecule has 0 spiro atoms. The normalized spacial score (nSPS) is 19.4. The van der Waals surface area contributed by atoms with Crippen LogP contribution in [0.1, 0.15) is 18.4 Å². The number of carbonyl (C=O) groups is 1. The highest BCUT2D eigenvalue weighted by molar-refractivity contribution is 5.91. The molecule has 4 nitrogen and oxygen atoms in total. The van der Waals surface area contributed by atoms with Crippen molar-refractivity contribution in [3.63, 3.8) is 0 Å². The Hall–Kier alpha value is -1.88. The van der Waals surface area contributed by atoms with Gasteiger partial charge in [0, 0.05) is 19.2 Å². The van der Waals surface area contributed by atoms with Crippen molar-refractivity contribution >= 4 is 12.0 Å². The number of ether oxygens (including phenoxy) is 1. The van der Waals surface area contributed by atoms with Crippen LogP contribution in [-0.4, -0.2) is 42.2 Å². The Morgan fingerprint density at radius 2 is 2.35 bits per heavy atom. The zero-order valence-corrected chi connectivity index (χ0v) is 11.4. The molecule has 108 valence electrons. The Morgan fingerprint density at radius 3 is 3.00 bits per heavy atom. The molecule has 0 aromatic heterocycles. The van der Waals surface area contributed by atoms with Crippen LogP contribution in [0.25, 0.3) is 6.08 Å². The minimum absolute atomic E-state index is 0.167. The van der Waals surface area contributed by atoms with Crippen molar-refractivity contribution < 1.29 is 19.0 Å². The number of aliphatic hydroxyl groups excluding tert-OH is 1. The fourth-order valence-electron chi connectivity index (χ4n) is 2.21. The van der Waals surface area contributed by atoms with E-state index in [2.05, 4.69) is 0 Å². The van der Waals surface area contributed by atoms with Crippen LogP contribution in [0.3, 0.4) is 0 Å². The fraction of sp³-hybridized carbons (Fsp3) is 0.400. The van der Waals surface area contributed by atoms with Gasteiger partial charge in [-0.15, -0.1) is 0 Å². The molecule has 1 aliphatic heterocycles. The van der Waals surface area contributed by atoms with Crippen LogP contribution in [0.5, 0.6) is 5.75 Å². The standard InChI is InChI=1S/C15H18FNO3/c1-20-14-6-4-11(9-13(14)16)5-7-15(19)17-8-2-3-12(18)10-17/h4-7,9,12,18H,2-3,8,10H2,1H3/b7-5+. The highest BCUT2D eigenvalue weighted by atomic mass is 19.1. The number of benzene rings is 1. The fourth-order valence-corrected chi connectivity index (χ4v) is 2.21. The zero-order valence-electron chi connectivity index (χ0n) is 11.4. The summed E-state index contributed by atoms with van der Waals surface area (Å²) >= 11 is 0. The Balaban J connectivity index is 2.01. The molecular weight excluding hydrogens is 261 g/mol. The van der Waals surface area contributed by atoms with E-state index in [1.54, 1.807) is 17.0 Å². The van der Waals surface area contributed by atoms with Crippen molar-refractivity contribution in [2.45, 2.75) is 18.9 Å². The first-order valence-corrected chi connectivity index (χ1v) is 6.58. The zero-order chi connectivity index (χ0) is 14.5. The number of halogens is 1. The molecule has 0 radical (unpaired) electrons. The van der Waals surface area contributed by atoms with Crippen molar-refractivity contribution in [1.82, 2.24) is 4.90 Å². The molecule has 1 aliphatic rings. The topological polar surface area (TPSA) is 49.8 Å². The van der Waals surface area contributed by atoms with Crippen LogP contribution in [0.15, 0.2) is 24.3 Å². The molecule has 2 rings (SSSR count). The number of β-amino-alcohol motifs (C(OH)–C–C–N with tert-alkyl or cyclic N) is 1. The lowest BCUT2D eigenvalue weighted by molar-refractivity contribution is -0.128. The molecule has 1 aromatic rings. The predicted octanol–water partition coefficient (Wildman–Crippen LogP) is 1.83. The van der Waals surface area contributed by atoms with E-state index in [0.717, 1.165) is 12.8 Å². The van der Waals surface area contributed by atoms with Gasteiger partial charge in [-0.1, -0.05) is 6.07 Å². The molecule has 20 heavy (non-hydrogen) atoms. The number of nitrogens with zero attached hydrogens (tertiary/aromatic N) is 1. The third-order valence-corrected chi connectivity index (χ3v) is 3.30. The number of aliphatic hydroxyl groups is 1. The minimum atomic E-state index is -0.463. The highest BCUT2D eigenvalue weighted by Gasteiger charge is 2.20.